The first kappa shape index (κ1) is 8.62. The van der Waals surface area contributed by atoms with E-state index >= 15 is 0 Å². The van der Waals surface area contributed by atoms with E-state index in [1.807, 2.05) is 6.92 Å². The van der Waals surface area contributed by atoms with E-state index in [1.54, 1.807) is 0 Å². The highest BCUT2D eigenvalue weighted by molar-refractivity contribution is 8.69. The van der Waals surface area contributed by atoms with E-state index in [4.69, 9.17) is 11.5 Å². The Hall–Kier alpha value is 0.620. The lowest BCUT2D eigenvalue weighted by molar-refractivity contribution is 0.578. The second kappa shape index (κ2) is 3.61. The van der Waals surface area contributed by atoms with E-state index in [0.717, 1.165) is 12.8 Å². The largest absolute Gasteiger partial charge is 0.304 e. The van der Waals surface area contributed by atoms with E-state index in [1.165, 1.54) is 10.8 Å². The summed E-state index contributed by atoms with van der Waals surface area (Å²) in [6, 6.07) is 0. The quantitative estimate of drug-likeness (QED) is 0.320. The van der Waals surface area contributed by atoms with E-state index in [-0.39, 0.29) is 0 Å². The maximum atomic E-state index is 5.49. The molecule has 0 fully saturated rings. The molecule has 0 saturated heterocycles. The molecule has 0 aromatic carbocycles. The Morgan fingerprint density at radius 1 is 1.62 bits per heavy atom. The molecule has 0 aliphatic heterocycles. The van der Waals surface area contributed by atoms with Crippen LogP contribution >= 0.6 is 22.5 Å². The molecule has 0 aromatic heterocycles. The van der Waals surface area contributed by atoms with Crippen molar-refractivity contribution in [3.63, 3.8) is 0 Å². The fraction of sp³-hybridized carbons (Fsp3) is 1.00. The number of hydrogen-bond donors (Lipinski definition) is 3. The molecule has 0 bridgehead atoms. The van der Waals surface area contributed by atoms with Gasteiger partial charge in [0.15, 0.2) is 0 Å². The van der Waals surface area contributed by atoms with Crippen LogP contribution in [0.3, 0.4) is 0 Å². The van der Waals surface area contributed by atoms with Gasteiger partial charge in [0.1, 0.15) is 4.99 Å². The van der Waals surface area contributed by atoms with Crippen molar-refractivity contribution < 1.29 is 0 Å². The van der Waals surface area contributed by atoms with Gasteiger partial charge in [-0.3, -0.25) is 0 Å². The maximum absolute atomic E-state index is 5.49. The molecule has 50 valence electrons. The number of thiol groups is 1. The summed E-state index contributed by atoms with van der Waals surface area (Å²) in [6.45, 7) is 2.04. The maximum Gasteiger partial charge on any atom is 0.122 e. The van der Waals surface area contributed by atoms with Crippen molar-refractivity contribution in [2.24, 2.45) is 11.5 Å². The standard InChI is InChI=1S/C4H12N2S2/c1-2-3-4(5,6)8-7/h7H,2-3,5-6H2,1H3. The zero-order chi connectivity index (χ0) is 6.62. The average Bonchev–Trinajstić information content (AvgIpc) is 1.67. The molecule has 0 atom stereocenters. The Morgan fingerprint density at radius 2 is 2.12 bits per heavy atom. The molecular weight excluding hydrogens is 140 g/mol. The van der Waals surface area contributed by atoms with Crippen molar-refractivity contribution in [1.29, 1.82) is 0 Å². The molecule has 4 N–H and O–H groups in total. The van der Waals surface area contributed by atoms with Gasteiger partial charge in [0.25, 0.3) is 0 Å². The van der Waals surface area contributed by atoms with Crippen molar-refractivity contribution in [3.05, 3.63) is 0 Å². The molecule has 8 heavy (non-hydrogen) atoms. The third-order valence-corrected chi connectivity index (χ3v) is 2.37. The Morgan fingerprint density at radius 3 is 2.25 bits per heavy atom. The van der Waals surface area contributed by atoms with Crippen LogP contribution in [0.25, 0.3) is 0 Å². The summed E-state index contributed by atoms with van der Waals surface area (Å²) in [7, 11) is 1.20. The number of hydrogen-bond acceptors (Lipinski definition) is 4. The van der Waals surface area contributed by atoms with Crippen molar-refractivity contribution in [2.45, 2.75) is 24.8 Å². The molecular formula is C4H12N2S2. The zero-order valence-corrected chi connectivity index (χ0v) is 6.64. The fourth-order valence-electron chi connectivity index (χ4n) is 0.436. The summed E-state index contributed by atoms with van der Waals surface area (Å²) < 4.78 is 0. The number of rotatable bonds is 3. The summed E-state index contributed by atoms with van der Waals surface area (Å²) in [5.41, 5.74) is 11.0. The van der Waals surface area contributed by atoms with Gasteiger partial charge in [-0.2, -0.15) is 0 Å². The minimum atomic E-state index is -0.627. The van der Waals surface area contributed by atoms with Crippen molar-refractivity contribution in [1.82, 2.24) is 0 Å². The second-order valence-corrected chi connectivity index (χ2v) is 3.29. The molecule has 0 spiro atoms. The SMILES string of the molecule is CCCC(N)(N)SS. The summed E-state index contributed by atoms with van der Waals surface area (Å²) in [4.78, 5) is -0.627. The molecule has 0 saturated carbocycles. The molecule has 0 aliphatic rings. The van der Waals surface area contributed by atoms with Gasteiger partial charge in [-0.15, -0.1) is 11.7 Å². The Kier molecular flexibility index (Phi) is 3.89. The van der Waals surface area contributed by atoms with Crippen LogP contribution in [0, 0.1) is 0 Å². The summed E-state index contributed by atoms with van der Waals surface area (Å²) in [6.07, 6.45) is 1.81. The first-order chi connectivity index (χ1) is 3.62. The molecule has 2 nitrogen and oxygen atoms in total. The minimum absolute atomic E-state index is 0.627. The molecule has 0 heterocycles. The first-order valence-electron chi connectivity index (χ1n) is 2.52. The third-order valence-electron chi connectivity index (χ3n) is 0.811. The highest BCUT2D eigenvalue weighted by Crippen LogP contribution is 2.21. The van der Waals surface area contributed by atoms with Crippen molar-refractivity contribution >= 4 is 22.5 Å². The monoisotopic (exact) mass is 152 g/mol. The van der Waals surface area contributed by atoms with Crippen LogP contribution in [0.1, 0.15) is 19.8 Å². The van der Waals surface area contributed by atoms with E-state index in [2.05, 4.69) is 11.7 Å². The first-order valence-corrected chi connectivity index (χ1v) is 4.39. The predicted molar refractivity (Wildman–Crippen MR) is 42.6 cm³/mol. The predicted octanol–water partition coefficient (Wildman–Crippen LogP) is 0.936. The van der Waals surface area contributed by atoms with Gasteiger partial charge >= 0.3 is 0 Å². The van der Waals surface area contributed by atoms with Gasteiger partial charge in [-0.05, 0) is 6.42 Å². The third kappa shape index (κ3) is 3.60. The Bertz CT molecular complexity index is 65.1. The fourth-order valence-corrected chi connectivity index (χ4v) is 1.01. The topological polar surface area (TPSA) is 52.0 Å². The lowest BCUT2D eigenvalue weighted by Crippen LogP contribution is -2.44. The molecule has 0 aliphatic carbocycles. The molecule has 0 radical (unpaired) electrons. The van der Waals surface area contributed by atoms with Crippen LogP contribution in [-0.4, -0.2) is 4.99 Å². The minimum Gasteiger partial charge on any atom is -0.304 e. The average molecular weight is 152 g/mol. The van der Waals surface area contributed by atoms with Crippen molar-refractivity contribution in [2.75, 3.05) is 0 Å². The highest BCUT2D eigenvalue weighted by atomic mass is 33.1. The lowest BCUT2D eigenvalue weighted by Gasteiger charge is -2.18. The van der Waals surface area contributed by atoms with E-state index < -0.39 is 4.99 Å². The Labute approximate surface area is 59.2 Å². The summed E-state index contributed by atoms with van der Waals surface area (Å²) in [5.74, 6) is 0. The van der Waals surface area contributed by atoms with E-state index in [9.17, 15) is 0 Å². The Balaban J connectivity index is 3.37. The van der Waals surface area contributed by atoms with Crippen LogP contribution in [-0.2, 0) is 0 Å². The van der Waals surface area contributed by atoms with Crippen LogP contribution in [0.2, 0.25) is 0 Å². The van der Waals surface area contributed by atoms with Crippen molar-refractivity contribution in [3.8, 4) is 0 Å². The highest BCUT2D eigenvalue weighted by Gasteiger charge is 2.15. The smallest absolute Gasteiger partial charge is 0.122 e. The zero-order valence-electron chi connectivity index (χ0n) is 4.92. The van der Waals surface area contributed by atoms with Crippen LogP contribution < -0.4 is 11.5 Å². The second-order valence-electron chi connectivity index (χ2n) is 1.80. The van der Waals surface area contributed by atoms with Gasteiger partial charge in [0, 0.05) is 0 Å². The summed E-state index contributed by atoms with van der Waals surface area (Å²) in [5, 5.41) is 0. The van der Waals surface area contributed by atoms with E-state index in [0.29, 0.717) is 0 Å². The normalized spacial score (nSPS) is 12.0. The molecule has 0 rings (SSSR count). The van der Waals surface area contributed by atoms with Crippen LogP contribution in [0.15, 0.2) is 0 Å². The lowest BCUT2D eigenvalue weighted by atomic mass is 10.3. The van der Waals surface area contributed by atoms with Gasteiger partial charge in [-0.1, -0.05) is 24.1 Å². The molecule has 0 amide bonds. The molecule has 4 heteroatoms. The van der Waals surface area contributed by atoms with Gasteiger partial charge in [0.05, 0.1) is 0 Å². The van der Waals surface area contributed by atoms with Crippen LogP contribution in [0.4, 0.5) is 0 Å². The van der Waals surface area contributed by atoms with Gasteiger partial charge in [0.2, 0.25) is 0 Å². The summed E-state index contributed by atoms with van der Waals surface area (Å²) >= 11 is 3.90. The van der Waals surface area contributed by atoms with Gasteiger partial charge < -0.3 is 11.5 Å². The molecule has 0 aromatic rings. The van der Waals surface area contributed by atoms with Gasteiger partial charge in [-0.25, -0.2) is 0 Å². The molecule has 0 unspecified atom stereocenters. The number of nitrogens with two attached hydrogens (primary N) is 2. The van der Waals surface area contributed by atoms with Crippen LogP contribution in [0.5, 0.6) is 0 Å².